The molecule has 176 valence electrons. The summed E-state index contributed by atoms with van der Waals surface area (Å²) < 4.78 is 62.6. The van der Waals surface area contributed by atoms with Crippen LogP contribution in [0.2, 0.25) is 0 Å². The Balaban J connectivity index is 1.63. The van der Waals surface area contributed by atoms with Crippen molar-refractivity contribution in [2.45, 2.75) is 58.8 Å². The molecule has 0 spiro atoms. The van der Waals surface area contributed by atoms with Crippen molar-refractivity contribution >= 4 is 0 Å². The molecule has 0 fully saturated rings. The second-order valence-corrected chi connectivity index (χ2v) is 8.34. The van der Waals surface area contributed by atoms with E-state index in [9.17, 15) is 17.6 Å². The van der Waals surface area contributed by atoms with Gasteiger partial charge in [-0.25, -0.2) is 17.6 Å². The highest BCUT2D eigenvalue weighted by Gasteiger charge is 2.15. The van der Waals surface area contributed by atoms with Crippen LogP contribution in [0.5, 0.6) is 5.75 Å². The SMILES string of the molecule is CCCOc1c(F)cc(CCc2c(F)cc(CCc3ccc(CCC)cc3)cc2F)cc1F. The van der Waals surface area contributed by atoms with Gasteiger partial charge in [-0.15, -0.1) is 0 Å². The number of ether oxygens (including phenoxy) is 1. The molecule has 0 saturated heterocycles. The van der Waals surface area contributed by atoms with Gasteiger partial charge in [-0.1, -0.05) is 44.5 Å². The second kappa shape index (κ2) is 11.9. The minimum atomic E-state index is -0.808. The zero-order valence-corrected chi connectivity index (χ0v) is 19.2. The van der Waals surface area contributed by atoms with Gasteiger partial charge in [0.15, 0.2) is 17.4 Å². The summed E-state index contributed by atoms with van der Waals surface area (Å²) in [6.07, 6.45) is 4.08. The number of hydrogen-bond acceptors (Lipinski definition) is 1. The Hall–Kier alpha value is -2.82. The maximum Gasteiger partial charge on any atom is 0.190 e. The minimum absolute atomic E-state index is 0.00484. The van der Waals surface area contributed by atoms with E-state index >= 15 is 0 Å². The van der Waals surface area contributed by atoms with Gasteiger partial charge in [0, 0.05) is 5.56 Å². The fraction of sp³-hybridized carbons (Fsp3) is 0.357. The van der Waals surface area contributed by atoms with Crippen LogP contribution in [0.3, 0.4) is 0 Å². The van der Waals surface area contributed by atoms with Crippen LogP contribution in [0, 0.1) is 23.3 Å². The highest BCUT2D eigenvalue weighted by Crippen LogP contribution is 2.25. The van der Waals surface area contributed by atoms with Crippen molar-refractivity contribution in [3.63, 3.8) is 0 Å². The molecule has 0 N–H and O–H groups in total. The topological polar surface area (TPSA) is 9.23 Å². The molecule has 0 aliphatic heterocycles. The monoisotopic (exact) mass is 458 g/mol. The zero-order chi connectivity index (χ0) is 23.8. The van der Waals surface area contributed by atoms with Crippen LogP contribution in [-0.4, -0.2) is 6.61 Å². The average Bonchev–Trinajstić information content (AvgIpc) is 2.78. The van der Waals surface area contributed by atoms with Crippen molar-refractivity contribution in [1.82, 2.24) is 0 Å². The summed E-state index contributed by atoms with van der Waals surface area (Å²) in [5, 5.41) is 0. The lowest BCUT2D eigenvalue weighted by Gasteiger charge is -2.11. The predicted molar refractivity (Wildman–Crippen MR) is 124 cm³/mol. The lowest BCUT2D eigenvalue weighted by molar-refractivity contribution is 0.284. The summed E-state index contributed by atoms with van der Waals surface area (Å²) in [6, 6.07) is 13.3. The maximum atomic E-state index is 14.6. The van der Waals surface area contributed by atoms with Crippen LogP contribution in [-0.2, 0) is 32.1 Å². The second-order valence-electron chi connectivity index (χ2n) is 8.34. The van der Waals surface area contributed by atoms with E-state index in [-0.39, 0.29) is 25.0 Å². The van der Waals surface area contributed by atoms with Crippen LogP contribution >= 0.6 is 0 Å². The summed E-state index contributed by atoms with van der Waals surface area (Å²) in [4.78, 5) is 0. The molecular formula is C28H30F4O. The van der Waals surface area contributed by atoms with Crippen LogP contribution in [0.1, 0.15) is 54.5 Å². The van der Waals surface area contributed by atoms with Gasteiger partial charge in [0.05, 0.1) is 6.61 Å². The summed E-state index contributed by atoms with van der Waals surface area (Å²) in [5.74, 6) is -3.29. The first-order valence-electron chi connectivity index (χ1n) is 11.6. The van der Waals surface area contributed by atoms with Crippen LogP contribution < -0.4 is 4.74 Å². The first-order valence-corrected chi connectivity index (χ1v) is 11.6. The standard InChI is InChI=1S/C28H30F4O/c1-3-5-19-6-8-20(9-7-19)10-11-21-15-24(29)23(25(30)16-21)13-12-22-17-26(31)28(27(32)18-22)33-14-4-2/h6-9,15-18H,3-5,10-14H2,1-2H3. The number of rotatable bonds is 11. The molecular weight excluding hydrogens is 428 g/mol. The van der Waals surface area contributed by atoms with E-state index in [2.05, 4.69) is 31.2 Å². The molecule has 0 atom stereocenters. The van der Waals surface area contributed by atoms with Crippen molar-refractivity contribution in [2.75, 3.05) is 6.61 Å². The van der Waals surface area contributed by atoms with E-state index in [0.29, 0.717) is 30.4 Å². The first kappa shape index (κ1) is 24.8. The van der Waals surface area contributed by atoms with Gasteiger partial charge in [-0.2, -0.15) is 0 Å². The van der Waals surface area contributed by atoms with Gasteiger partial charge in [0.25, 0.3) is 0 Å². The van der Waals surface area contributed by atoms with Gasteiger partial charge in [0.1, 0.15) is 11.6 Å². The van der Waals surface area contributed by atoms with E-state index in [0.717, 1.165) is 30.5 Å². The molecule has 33 heavy (non-hydrogen) atoms. The highest BCUT2D eigenvalue weighted by molar-refractivity contribution is 5.33. The molecule has 0 heterocycles. The first-order chi connectivity index (χ1) is 15.9. The molecule has 3 rings (SSSR count). The lowest BCUT2D eigenvalue weighted by atomic mass is 9.98. The number of benzene rings is 3. The van der Waals surface area contributed by atoms with Crippen LogP contribution in [0.25, 0.3) is 0 Å². The molecule has 0 amide bonds. The van der Waals surface area contributed by atoms with Gasteiger partial charge >= 0.3 is 0 Å². The quantitative estimate of drug-likeness (QED) is 0.270. The van der Waals surface area contributed by atoms with Gasteiger partial charge in [-0.05, 0) is 85.0 Å². The third-order valence-electron chi connectivity index (χ3n) is 5.64. The van der Waals surface area contributed by atoms with Gasteiger partial charge < -0.3 is 4.74 Å². The van der Waals surface area contributed by atoms with Gasteiger partial charge in [0.2, 0.25) is 0 Å². The summed E-state index contributed by atoms with van der Waals surface area (Å²) in [6.45, 7) is 4.18. The van der Waals surface area contributed by atoms with Crippen LogP contribution in [0.4, 0.5) is 17.6 Å². The Kier molecular flexibility index (Phi) is 8.93. The molecule has 5 heteroatoms. The average molecular weight is 459 g/mol. The van der Waals surface area contributed by atoms with E-state index < -0.39 is 29.0 Å². The Morgan fingerprint density at radius 2 is 1.00 bits per heavy atom. The molecule has 0 radical (unpaired) electrons. The molecule has 1 nitrogen and oxygen atoms in total. The normalized spacial score (nSPS) is 11.1. The summed E-state index contributed by atoms with van der Waals surface area (Å²) >= 11 is 0. The Labute approximate surface area is 193 Å². The lowest BCUT2D eigenvalue weighted by Crippen LogP contribution is -2.04. The van der Waals surface area contributed by atoms with E-state index in [4.69, 9.17) is 4.74 Å². The summed E-state index contributed by atoms with van der Waals surface area (Å²) in [7, 11) is 0. The Bertz CT molecular complexity index is 1010. The van der Waals surface area contributed by atoms with Crippen molar-refractivity contribution in [1.29, 1.82) is 0 Å². The summed E-state index contributed by atoms with van der Waals surface area (Å²) in [5.41, 5.74) is 3.24. The molecule has 3 aromatic rings. The van der Waals surface area contributed by atoms with E-state index in [1.807, 2.05) is 6.92 Å². The zero-order valence-electron chi connectivity index (χ0n) is 19.2. The fourth-order valence-electron chi connectivity index (χ4n) is 3.86. The number of hydrogen-bond donors (Lipinski definition) is 0. The molecule has 3 aromatic carbocycles. The third kappa shape index (κ3) is 6.83. The molecule has 0 bridgehead atoms. The van der Waals surface area contributed by atoms with E-state index in [1.54, 1.807) is 0 Å². The minimum Gasteiger partial charge on any atom is -0.488 e. The largest absolute Gasteiger partial charge is 0.488 e. The van der Waals surface area contributed by atoms with Crippen molar-refractivity contribution in [3.05, 3.63) is 99.6 Å². The smallest absolute Gasteiger partial charge is 0.190 e. The fourth-order valence-corrected chi connectivity index (χ4v) is 3.86. The predicted octanol–water partition coefficient (Wildman–Crippen LogP) is 7.55. The number of halogens is 4. The molecule has 0 aliphatic carbocycles. The third-order valence-corrected chi connectivity index (χ3v) is 5.64. The molecule has 0 aliphatic rings. The van der Waals surface area contributed by atoms with E-state index in [1.165, 1.54) is 17.7 Å². The van der Waals surface area contributed by atoms with Crippen molar-refractivity contribution < 1.29 is 22.3 Å². The van der Waals surface area contributed by atoms with Crippen molar-refractivity contribution in [3.8, 4) is 5.75 Å². The van der Waals surface area contributed by atoms with Crippen molar-refractivity contribution in [2.24, 2.45) is 0 Å². The molecule has 0 unspecified atom stereocenters. The maximum absolute atomic E-state index is 14.6. The van der Waals surface area contributed by atoms with Crippen LogP contribution in [0.15, 0.2) is 48.5 Å². The molecule has 0 aromatic heterocycles. The highest BCUT2D eigenvalue weighted by atomic mass is 19.1. The molecule has 0 saturated carbocycles. The number of aryl methyl sites for hydroxylation is 4. The van der Waals surface area contributed by atoms with Gasteiger partial charge in [-0.3, -0.25) is 0 Å². The Morgan fingerprint density at radius 1 is 0.545 bits per heavy atom. The Morgan fingerprint density at radius 3 is 1.52 bits per heavy atom.